The Morgan fingerprint density at radius 2 is 1.79 bits per heavy atom. The molecule has 0 saturated heterocycles. The van der Waals surface area contributed by atoms with Crippen LogP contribution < -0.4 is 15.9 Å². The minimum atomic E-state index is -0.659. The first-order chi connectivity index (χ1) is 16.1. The van der Waals surface area contributed by atoms with Gasteiger partial charge in [0, 0.05) is 17.8 Å². The summed E-state index contributed by atoms with van der Waals surface area (Å²) in [6, 6.07) is 23.8. The lowest BCUT2D eigenvalue weighted by Gasteiger charge is -2.12. The van der Waals surface area contributed by atoms with Crippen molar-refractivity contribution < 1.29 is 9.53 Å². The zero-order valence-corrected chi connectivity index (χ0v) is 18.2. The summed E-state index contributed by atoms with van der Waals surface area (Å²) < 4.78 is 5.21. The summed E-state index contributed by atoms with van der Waals surface area (Å²) in [5.74, 6) is 0.353. The third-order valence-electron chi connectivity index (χ3n) is 6.22. The van der Waals surface area contributed by atoms with E-state index in [4.69, 9.17) is 10.5 Å². The molecule has 6 nitrogen and oxygen atoms in total. The average molecular weight is 437 g/mol. The fourth-order valence-corrected chi connectivity index (χ4v) is 4.11. The monoisotopic (exact) mass is 436 g/mol. The van der Waals surface area contributed by atoms with Crippen LogP contribution in [-0.2, 0) is 10.3 Å². The van der Waals surface area contributed by atoms with Gasteiger partial charge < -0.3 is 10.5 Å². The molecule has 2 unspecified atom stereocenters. The Balaban J connectivity index is 1.22. The maximum absolute atomic E-state index is 12.6. The molecule has 1 heterocycles. The van der Waals surface area contributed by atoms with Crippen LogP contribution in [0.15, 0.2) is 90.3 Å². The van der Waals surface area contributed by atoms with Crippen molar-refractivity contribution in [2.45, 2.75) is 12.0 Å². The fraction of sp³-hybridized carbons (Fsp3) is 0.148. The van der Waals surface area contributed by atoms with E-state index in [1.165, 1.54) is 0 Å². The highest BCUT2D eigenvalue weighted by Gasteiger charge is 2.56. The van der Waals surface area contributed by atoms with Crippen molar-refractivity contribution in [3.05, 3.63) is 96.3 Å². The summed E-state index contributed by atoms with van der Waals surface area (Å²) in [4.78, 5) is 16.7. The Kier molecular flexibility index (Phi) is 5.36. The highest BCUT2D eigenvalue weighted by atomic mass is 16.5. The molecule has 2 atom stereocenters. The molecule has 5 rings (SSSR count). The number of amides is 1. The zero-order valence-electron chi connectivity index (χ0n) is 18.2. The Labute approximate surface area is 192 Å². The number of nitrogens with one attached hydrogen (secondary N) is 1. The van der Waals surface area contributed by atoms with Crippen molar-refractivity contribution in [2.75, 3.05) is 7.11 Å². The predicted molar refractivity (Wildman–Crippen MR) is 130 cm³/mol. The van der Waals surface area contributed by atoms with E-state index >= 15 is 0 Å². The molecule has 6 heteroatoms. The number of rotatable bonds is 6. The molecule has 3 aromatic carbocycles. The number of aromatic nitrogens is 1. The lowest BCUT2D eigenvalue weighted by atomic mass is 9.98. The van der Waals surface area contributed by atoms with Crippen molar-refractivity contribution in [3.8, 4) is 16.9 Å². The molecule has 1 aromatic heterocycles. The maximum Gasteiger partial charge on any atom is 0.245 e. The van der Waals surface area contributed by atoms with Gasteiger partial charge in [-0.15, -0.1) is 0 Å². The summed E-state index contributed by atoms with van der Waals surface area (Å²) in [6.07, 6.45) is 5.80. The lowest BCUT2D eigenvalue weighted by molar-refractivity contribution is -0.122. The van der Waals surface area contributed by atoms with Gasteiger partial charge in [0.2, 0.25) is 5.91 Å². The number of hydrogen-bond donors (Lipinski definition) is 2. The van der Waals surface area contributed by atoms with Gasteiger partial charge in [-0.25, -0.2) is 5.43 Å². The van der Waals surface area contributed by atoms with Crippen molar-refractivity contribution in [2.24, 2.45) is 16.8 Å². The van der Waals surface area contributed by atoms with Gasteiger partial charge >= 0.3 is 0 Å². The maximum atomic E-state index is 12.6. The minimum absolute atomic E-state index is 0.169. The number of methoxy groups -OCH3 is 1. The van der Waals surface area contributed by atoms with E-state index in [-0.39, 0.29) is 11.8 Å². The molecular weight excluding hydrogens is 412 g/mol. The van der Waals surface area contributed by atoms with Crippen LogP contribution in [0.25, 0.3) is 21.9 Å². The van der Waals surface area contributed by atoms with Crippen molar-refractivity contribution in [1.82, 2.24) is 10.4 Å². The number of benzene rings is 3. The number of hydrogen-bond acceptors (Lipinski definition) is 5. The second-order valence-corrected chi connectivity index (χ2v) is 8.32. The zero-order chi connectivity index (χ0) is 22.8. The van der Waals surface area contributed by atoms with Crippen molar-refractivity contribution in [1.29, 1.82) is 0 Å². The Morgan fingerprint density at radius 3 is 2.52 bits per heavy atom. The van der Waals surface area contributed by atoms with E-state index in [9.17, 15) is 4.79 Å². The number of hydrazone groups is 1. The molecule has 1 aliphatic rings. The van der Waals surface area contributed by atoms with Crippen LogP contribution in [0.4, 0.5) is 0 Å². The smallest absolute Gasteiger partial charge is 0.245 e. The highest BCUT2D eigenvalue weighted by Crippen LogP contribution is 2.50. The van der Waals surface area contributed by atoms with Crippen LogP contribution >= 0.6 is 0 Å². The molecule has 0 aliphatic heterocycles. The highest BCUT2D eigenvalue weighted by molar-refractivity contribution is 5.91. The van der Waals surface area contributed by atoms with E-state index in [2.05, 4.69) is 15.5 Å². The van der Waals surface area contributed by atoms with Crippen molar-refractivity contribution >= 4 is 22.9 Å². The third-order valence-corrected chi connectivity index (χ3v) is 6.22. The first-order valence-electron chi connectivity index (χ1n) is 10.8. The largest absolute Gasteiger partial charge is 0.497 e. The van der Waals surface area contributed by atoms with E-state index in [1.807, 2.05) is 79.0 Å². The van der Waals surface area contributed by atoms with E-state index < -0.39 is 5.54 Å². The summed E-state index contributed by atoms with van der Waals surface area (Å²) in [6.45, 7) is 0. The molecule has 1 amide bonds. The second-order valence-electron chi connectivity index (χ2n) is 8.32. The lowest BCUT2D eigenvalue weighted by Crippen LogP contribution is -2.30. The number of nitrogens with zero attached hydrogens (tertiary/aromatic N) is 2. The van der Waals surface area contributed by atoms with Crippen LogP contribution in [0.3, 0.4) is 0 Å². The molecule has 164 valence electrons. The van der Waals surface area contributed by atoms with Crippen LogP contribution in [0.1, 0.15) is 17.5 Å². The standard InChI is InChI=1S/C27H24N4O2/c1-33-24-10-6-20(7-11-24)19-4-8-23(9-5-19)27(28)15-25(27)26(32)31-30-16-18-2-3-22-17-29-13-12-21(22)14-18/h2-14,16-17,25H,15,28H2,1H3,(H,31,32)/b30-16+. The van der Waals surface area contributed by atoms with Crippen LogP contribution in [0.5, 0.6) is 5.75 Å². The summed E-state index contributed by atoms with van der Waals surface area (Å²) in [7, 11) is 1.65. The van der Waals surface area contributed by atoms with E-state index in [0.29, 0.717) is 6.42 Å². The number of carbonyl (C=O) groups excluding carboxylic acids is 1. The normalized spacial score (nSPS) is 19.5. The fourth-order valence-electron chi connectivity index (χ4n) is 4.11. The molecule has 1 saturated carbocycles. The molecule has 4 aromatic rings. The Hall–Kier alpha value is -4.03. The average Bonchev–Trinajstić information content (AvgIpc) is 3.57. The molecule has 0 spiro atoms. The number of ether oxygens (including phenoxy) is 1. The molecular formula is C27H24N4O2. The quantitative estimate of drug-likeness (QED) is 0.350. The van der Waals surface area contributed by atoms with Crippen LogP contribution in [0, 0.1) is 5.92 Å². The molecule has 33 heavy (non-hydrogen) atoms. The minimum Gasteiger partial charge on any atom is -0.497 e. The summed E-state index contributed by atoms with van der Waals surface area (Å²) >= 11 is 0. The van der Waals surface area contributed by atoms with E-state index in [1.54, 1.807) is 19.5 Å². The third kappa shape index (κ3) is 4.21. The molecule has 1 aliphatic carbocycles. The van der Waals surface area contributed by atoms with Gasteiger partial charge in [-0.3, -0.25) is 9.78 Å². The summed E-state index contributed by atoms with van der Waals surface area (Å²) in [5.41, 5.74) is 12.6. The molecule has 1 fully saturated rings. The molecule has 3 N–H and O–H groups in total. The van der Waals surface area contributed by atoms with Gasteiger partial charge in [-0.2, -0.15) is 5.10 Å². The predicted octanol–water partition coefficient (Wildman–Crippen LogP) is 4.23. The topological polar surface area (TPSA) is 89.6 Å². The number of fused-ring (bicyclic) bond motifs is 1. The molecule has 0 bridgehead atoms. The Bertz CT molecular complexity index is 1330. The van der Waals surface area contributed by atoms with Gasteiger partial charge in [0.15, 0.2) is 0 Å². The van der Waals surface area contributed by atoms with Gasteiger partial charge in [0.05, 0.1) is 24.8 Å². The van der Waals surface area contributed by atoms with Gasteiger partial charge in [-0.05, 0) is 58.3 Å². The second kappa shape index (κ2) is 8.48. The SMILES string of the molecule is COc1ccc(-c2ccc(C3(N)CC3C(=O)N/N=C/c3ccc4cnccc4c3)cc2)cc1. The van der Waals surface area contributed by atoms with Crippen LogP contribution in [-0.4, -0.2) is 24.2 Å². The van der Waals surface area contributed by atoms with Gasteiger partial charge in [-0.1, -0.05) is 48.5 Å². The number of pyridine rings is 1. The molecule has 0 radical (unpaired) electrons. The summed E-state index contributed by atoms with van der Waals surface area (Å²) in [5, 5.41) is 6.26. The van der Waals surface area contributed by atoms with Crippen LogP contribution in [0.2, 0.25) is 0 Å². The van der Waals surface area contributed by atoms with Gasteiger partial charge in [0.25, 0.3) is 0 Å². The first-order valence-corrected chi connectivity index (χ1v) is 10.8. The number of carbonyl (C=O) groups is 1. The van der Waals surface area contributed by atoms with Crippen molar-refractivity contribution in [3.63, 3.8) is 0 Å². The van der Waals surface area contributed by atoms with E-state index in [0.717, 1.165) is 38.8 Å². The number of nitrogens with two attached hydrogens (primary N) is 1. The Morgan fingerprint density at radius 1 is 1.06 bits per heavy atom. The first kappa shape index (κ1) is 20.8. The van der Waals surface area contributed by atoms with Gasteiger partial charge in [0.1, 0.15) is 5.75 Å².